The van der Waals surface area contributed by atoms with E-state index in [1.54, 1.807) is 13.0 Å². The largest absolute Gasteiger partial charge is 0.480 e. The topological polar surface area (TPSA) is 97.1 Å². The first-order valence-electron chi connectivity index (χ1n) is 8.91. The van der Waals surface area contributed by atoms with Gasteiger partial charge < -0.3 is 10.4 Å². The molecule has 0 aliphatic carbocycles. The fraction of sp³-hybridized carbons (Fsp3) is 0.579. The molecule has 0 radical (unpaired) electrons. The zero-order valence-corrected chi connectivity index (χ0v) is 16.5. The summed E-state index contributed by atoms with van der Waals surface area (Å²) in [4.78, 5) is 28.9. The molecule has 1 unspecified atom stereocenters. The lowest BCUT2D eigenvalue weighted by molar-refractivity contribution is -0.139. The Labute approximate surface area is 153 Å². The van der Waals surface area contributed by atoms with Crippen LogP contribution >= 0.6 is 0 Å². The van der Waals surface area contributed by atoms with Gasteiger partial charge in [0, 0.05) is 5.69 Å². The number of fused-ring (bicyclic) bond motifs is 1. The third-order valence-corrected chi connectivity index (χ3v) is 4.32. The van der Waals surface area contributed by atoms with Crippen LogP contribution in [0.3, 0.4) is 0 Å². The Hall–Kier alpha value is -2.44. The molecule has 26 heavy (non-hydrogen) atoms. The Morgan fingerprint density at radius 1 is 1.31 bits per heavy atom. The Morgan fingerprint density at radius 2 is 1.92 bits per heavy atom. The number of carboxylic acid groups (broad SMARTS) is 1. The van der Waals surface area contributed by atoms with Crippen LogP contribution < -0.4 is 5.32 Å². The molecular weight excluding hydrogens is 332 g/mol. The number of hydrogen-bond acceptors (Lipinski definition) is 4. The molecule has 7 heteroatoms. The van der Waals surface area contributed by atoms with Crippen LogP contribution in [0.15, 0.2) is 6.07 Å². The van der Waals surface area contributed by atoms with E-state index in [1.165, 1.54) is 0 Å². The highest BCUT2D eigenvalue weighted by molar-refractivity contribution is 6.07. The van der Waals surface area contributed by atoms with E-state index in [4.69, 9.17) is 4.98 Å². The number of aryl methyl sites for hydroxylation is 1. The van der Waals surface area contributed by atoms with Crippen LogP contribution in [0, 0.1) is 6.92 Å². The van der Waals surface area contributed by atoms with Crippen molar-refractivity contribution in [3.63, 3.8) is 0 Å². The standard InChI is InChI=1S/C19H28N4O3/c1-8-13(18(25)26)21-17(24)12-9-14(10(2)3)20-16-15(12)11(4)22-23(16)19(5,6)7/h9-10,13H,8H2,1-7H3,(H,21,24)(H,25,26). The van der Waals surface area contributed by atoms with Crippen molar-refractivity contribution in [2.75, 3.05) is 0 Å². The van der Waals surface area contributed by atoms with Gasteiger partial charge in [0.15, 0.2) is 5.65 Å². The average molecular weight is 360 g/mol. The highest BCUT2D eigenvalue weighted by atomic mass is 16.4. The first-order chi connectivity index (χ1) is 12.0. The van der Waals surface area contributed by atoms with E-state index in [2.05, 4.69) is 10.4 Å². The van der Waals surface area contributed by atoms with E-state index in [0.717, 1.165) is 5.69 Å². The molecule has 142 valence electrons. The van der Waals surface area contributed by atoms with Crippen LogP contribution in [-0.2, 0) is 10.3 Å². The third-order valence-electron chi connectivity index (χ3n) is 4.32. The van der Waals surface area contributed by atoms with E-state index in [0.29, 0.717) is 28.7 Å². The molecule has 2 aromatic rings. The van der Waals surface area contributed by atoms with Crippen molar-refractivity contribution in [2.24, 2.45) is 0 Å². The summed E-state index contributed by atoms with van der Waals surface area (Å²) in [5, 5.41) is 17.1. The van der Waals surface area contributed by atoms with Gasteiger partial charge in [0.25, 0.3) is 5.91 Å². The summed E-state index contributed by atoms with van der Waals surface area (Å²) >= 11 is 0. The maximum absolute atomic E-state index is 12.9. The molecule has 0 saturated heterocycles. The summed E-state index contributed by atoms with van der Waals surface area (Å²) in [5.74, 6) is -1.33. The number of nitrogens with one attached hydrogen (secondary N) is 1. The lowest BCUT2D eigenvalue weighted by atomic mass is 10.0. The Bertz CT molecular complexity index is 847. The molecule has 0 fully saturated rings. The molecule has 2 rings (SSSR count). The maximum atomic E-state index is 12.9. The number of carbonyl (C=O) groups excluding carboxylic acids is 1. The molecule has 0 bridgehead atoms. The van der Waals surface area contributed by atoms with Crippen molar-refractivity contribution >= 4 is 22.9 Å². The second-order valence-corrected chi connectivity index (χ2v) is 7.89. The number of aromatic nitrogens is 3. The molecule has 7 nitrogen and oxygen atoms in total. The lowest BCUT2D eigenvalue weighted by Crippen LogP contribution is -2.40. The molecule has 2 aromatic heterocycles. The fourth-order valence-corrected chi connectivity index (χ4v) is 2.83. The Kier molecular flexibility index (Phi) is 5.39. The average Bonchev–Trinajstić information content (AvgIpc) is 2.88. The highest BCUT2D eigenvalue weighted by Gasteiger charge is 2.27. The maximum Gasteiger partial charge on any atom is 0.326 e. The number of amides is 1. The van der Waals surface area contributed by atoms with Gasteiger partial charge in [-0.3, -0.25) is 4.79 Å². The first kappa shape index (κ1) is 19.9. The molecule has 0 spiro atoms. The summed E-state index contributed by atoms with van der Waals surface area (Å²) < 4.78 is 1.83. The number of pyridine rings is 1. The third kappa shape index (κ3) is 3.71. The molecular formula is C19H28N4O3. The summed E-state index contributed by atoms with van der Waals surface area (Å²) in [6, 6.07) is 0.824. The van der Waals surface area contributed by atoms with E-state index in [9.17, 15) is 14.7 Å². The van der Waals surface area contributed by atoms with Gasteiger partial charge in [0.2, 0.25) is 0 Å². The molecule has 0 aliphatic heterocycles. The zero-order chi connectivity index (χ0) is 19.8. The minimum Gasteiger partial charge on any atom is -0.480 e. The van der Waals surface area contributed by atoms with Gasteiger partial charge in [-0.05, 0) is 46.1 Å². The normalized spacial score (nSPS) is 13.2. The van der Waals surface area contributed by atoms with Crippen molar-refractivity contribution in [1.29, 1.82) is 0 Å². The van der Waals surface area contributed by atoms with E-state index in [-0.39, 0.29) is 11.5 Å². The molecule has 0 aliphatic rings. The molecule has 0 aromatic carbocycles. The van der Waals surface area contributed by atoms with E-state index in [1.807, 2.05) is 46.2 Å². The van der Waals surface area contributed by atoms with Crippen molar-refractivity contribution in [1.82, 2.24) is 20.1 Å². The number of nitrogens with zero attached hydrogens (tertiary/aromatic N) is 3. The minimum atomic E-state index is -1.04. The number of hydrogen-bond donors (Lipinski definition) is 2. The lowest BCUT2D eigenvalue weighted by Gasteiger charge is -2.20. The predicted octanol–water partition coefficient (Wildman–Crippen LogP) is 3.21. The molecule has 1 amide bonds. The van der Waals surface area contributed by atoms with Gasteiger partial charge in [0.1, 0.15) is 6.04 Å². The second-order valence-electron chi connectivity index (χ2n) is 7.89. The van der Waals surface area contributed by atoms with Crippen molar-refractivity contribution < 1.29 is 14.7 Å². The van der Waals surface area contributed by atoms with Gasteiger partial charge in [-0.2, -0.15) is 5.10 Å². The van der Waals surface area contributed by atoms with E-state index < -0.39 is 17.9 Å². The Morgan fingerprint density at radius 3 is 2.38 bits per heavy atom. The zero-order valence-electron chi connectivity index (χ0n) is 16.5. The van der Waals surface area contributed by atoms with Crippen LogP contribution in [0.4, 0.5) is 0 Å². The summed E-state index contributed by atoms with van der Waals surface area (Å²) in [7, 11) is 0. The first-order valence-corrected chi connectivity index (χ1v) is 8.91. The number of carbonyl (C=O) groups is 2. The van der Waals surface area contributed by atoms with Crippen molar-refractivity contribution in [3.8, 4) is 0 Å². The van der Waals surface area contributed by atoms with Crippen LogP contribution in [-0.4, -0.2) is 37.8 Å². The van der Waals surface area contributed by atoms with Crippen LogP contribution in [0.25, 0.3) is 11.0 Å². The second kappa shape index (κ2) is 7.05. The van der Waals surface area contributed by atoms with E-state index >= 15 is 0 Å². The van der Waals surface area contributed by atoms with Crippen LogP contribution in [0.5, 0.6) is 0 Å². The summed E-state index contributed by atoms with van der Waals surface area (Å²) in [6.45, 7) is 13.7. The number of rotatable bonds is 5. The fourth-order valence-electron chi connectivity index (χ4n) is 2.83. The predicted molar refractivity (Wildman–Crippen MR) is 101 cm³/mol. The number of carboxylic acids is 1. The SMILES string of the molecule is CCC(NC(=O)c1cc(C(C)C)nc2c1c(C)nn2C(C)(C)C)C(=O)O. The molecule has 2 N–H and O–H groups in total. The minimum absolute atomic E-state index is 0.121. The summed E-state index contributed by atoms with van der Waals surface area (Å²) in [6.07, 6.45) is 0.312. The van der Waals surface area contributed by atoms with Gasteiger partial charge in [0.05, 0.1) is 22.2 Å². The molecule has 0 saturated carbocycles. The van der Waals surface area contributed by atoms with Gasteiger partial charge in [-0.25, -0.2) is 14.5 Å². The molecule has 1 atom stereocenters. The van der Waals surface area contributed by atoms with Crippen molar-refractivity contribution in [3.05, 3.63) is 23.0 Å². The quantitative estimate of drug-likeness (QED) is 0.853. The van der Waals surface area contributed by atoms with Crippen LogP contribution in [0.2, 0.25) is 0 Å². The number of aliphatic carboxylic acids is 1. The van der Waals surface area contributed by atoms with Gasteiger partial charge in [-0.1, -0.05) is 20.8 Å². The van der Waals surface area contributed by atoms with Gasteiger partial charge in [-0.15, -0.1) is 0 Å². The van der Waals surface area contributed by atoms with Crippen LogP contribution in [0.1, 0.15) is 75.6 Å². The summed E-state index contributed by atoms with van der Waals surface area (Å²) in [5.41, 5.74) is 2.25. The smallest absolute Gasteiger partial charge is 0.326 e. The molecule has 2 heterocycles. The highest BCUT2D eigenvalue weighted by Crippen LogP contribution is 2.28. The Balaban J connectivity index is 2.70. The van der Waals surface area contributed by atoms with Gasteiger partial charge >= 0.3 is 5.97 Å². The monoisotopic (exact) mass is 360 g/mol. The van der Waals surface area contributed by atoms with Crippen molar-refractivity contribution in [2.45, 2.75) is 72.4 Å².